The van der Waals surface area contributed by atoms with Crippen LogP contribution in [0.4, 0.5) is 15.8 Å². The molecule has 1 fully saturated rings. The van der Waals surface area contributed by atoms with Crippen molar-refractivity contribution in [3.8, 4) is 11.8 Å². The van der Waals surface area contributed by atoms with E-state index in [1.165, 1.54) is 18.2 Å². The first-order chi connectivity index (χ1) is 14.0. The van der Waals surface area contributed by atoms with Crippen LogP contribution in [0.25, 0.3) is 0 Å². The topological polar surface area (TPSA) is 78.9 Å². The second-order valence-electron chi connectivity index (χ2n) is 6.48. The molecule has 0 aliphatic carbocycles. The second kappa shape index (κ2) is 9.22. The quantitative estimate of drug-likeness (QED) is 0.777. The number of ether oxygens (including phenoxy) is 1. The molecule has 1 amide bonds. The van der Waals surface area contributed by atoms with Gasteiger partial charge < -0.3 is 20.1 Å². The molecule has 1 aliphatic heterocycles. The fourth-order valence-electron chi connectivity index (χ4n) is 2.91. The van der Waals surface area contributed by atoms with Crippen LogP contribution in [0.3, 0.4) is 0 Å². The lowest BCUT2D eigenvalue weighted by Crippen LogP contribution is -2.36. The van der Waals surface area contributed by atoms with Crippen molar-refractivity contribution in [1.29, 1.82) is 0 Å². The molecule has 1 aliphatic rings. The predicted octanol–water partition coefficient (Wildman–Crippen LogP) is 3.11. The lowest BCUT2D eigenvalue weighted by Gasteiger charge is -2.28. The SMILES string of the molecule is CCC(=O)Nc1ccc(C#Cc2ccc(N3CCOCC3)cc2F)cc1C(=O)O. The van der Waals surface area contributed by atoms with E-state index in [1.807, 2.05) is 11.0 Å². The van der Waals surface area contributed by atoms with Gasteiger partial charge in [-0.15, -0.1) is 0 Å². The Bertz CT molecular complexity index is 988. The molecule has 0 aromatic heterocycles. The summed E-state index contributed by atoms with van der Waals surface area (Å²) in [5, 5.41) is 11.9. The number of nitrogens with one attached hydrogen (secondary N) is 1. The summed E-state index contributed by atoms with van der Waals surface area (Å²) in [6.45, 7) is 4.33. The van der Waals surface area contributed by atoms with E-state index in [1.54, 1.807) is 19.1 Å². The van der Waals surface area contributed by atoms with Gasteiger partial charge in [-0.1, -0.05) is 18.8 Å². The summed E-state index contributed by atoms with van der Waals surface area (Å²) < 4.78 is 19.8. The number of aromatic carboxylic acids is 1. The molecule has 0 radical (unpaired) electrons. The zero-order chi connectivity index (χ0) is 20.8. The van der Waals surface area contributed by atoms with Gasteiger partial charge in [-0.3, -0.25) is 4.79 Å². The predicted molar refractivity (Wildman–Crippen MR) is 108 cm³/mol. The fraction of sp³-hybridized carbons (Fsp3) is 0.273. The number of anilines is 2. The van der Waals surface area contributed by atoms with Gasteiger partial charge in [0.15, 0.2) is 0 Å². The Hall–Kier alpha value is -3.37. The number of carboxylic acids is 1. The molecule has 1 heterocycles. The summed E-state index contributed by atoms with van der Waals surface area (Å²) in [7, 11) is 0. The van der Waals surface area contributed by atoms with Crippen molar-refractivity contribution in [2.24, 2.45) is 0 Å². The number of morpholine rings is 1. The molecule has 0 atom stereocenters. The van der Waals surface area contributed by atoms with Crippen LogP contribution in [0.5, 0.6) is 0 Å². The Morgan fingerprint density at radius 2 is 1.93 bits per heavy atom. The second-order valence-corrected chi connectivity index (χ2v) is 6.48. The first kappa shape index (κ1) is 20.4. The lowest BCUT2D eigenvalue weighted by atomic mass is 10.1. The smallest absolute Gasteiger partial charge is 0.337 e. The molecule has 1 saturated heterocycles. The average Bonchev–Trinajstić information content (AvgIpc) is 2.74. The number of amides is 1. The standard InChI is InChI=1S/C22H21FN2O4/c1-2-21(26)24-20-8-4-15(13-18(20)22(27)28)3-5-16-6-7-17(14-19(16)23)25-9-11-29-12-10-25/h4,6-8,13-14H,2,9-12H2,1H3,(H,24,26)(H,27,28). The zero-order valence-corrected chi connectivity index (χ0v) is 16.0. The molecule has 7 heteroatoms. The molecule has 29 heavy (non-hydrogen) atoms. The van der Waals surface area contributed by atoms with Crippen molar-refractivity contribution < 1.29 is 23.8 Å². The minimum Gasteiger partial charge on any atom is -0.478 e. The van der Waals surface area contributed by atoms with Crippen LogP contribution in [-0.2, 0) is 9.53 Å². The Morgan fingerprint density at radius 3 is 2.59 bits per heavy atom. The van der Waals surface area contributed by atoms with Crippen LogP contribution < -0.4 is 10.2 Å². The van der Waals surface area contributed by atoms with Crippen molar-refractivity contribution in [3.05, 3.63) is 58.9 Å². The number of nitrogens with zero attached hydrogens (tertiary/aromatic N) is 1. The van der Waals surface area contributed by atoms with Crippen LogP contribution in [0, 0.1) is 17.7 Å². The molecule has 0 bridgehead atoms. The van der Waals surface area contributed by atoms with E-state index >= 15 is 0 Å². The van der Waals surface area contributed by atoms with Crippen molar-refractivity contribution in [3.63, 3.8) is 0 Å². The average molecular weight is 396 g/mol. The van der Waals surface area contributed by atoms with Crippen LogP contribution in [0.1, 0.15) is 34.8 Å². The molecule has 6 nitrogen and oxygen atoms in total. The number of hydrogen-bond donors (Lipinski definition) is 2. The maximum absolute atomic E-state index is 14.5. The van der Waals surface area contributed by atoms with Crippen LogP contribution in [-0.4, -0.2) is 43.3 Å². The molecular formula is C22H21FN2O4. The minimum atomic E-state index is -1.18. The maximum Gasteiger partial charge on any atom is 0.337 e. The molecule has 150 valence electrons. The van der Waals surface area contributed by atoms with Crippen molar-refractivity contribution in [2.45, 2.75) is 13.3 Å². The molecule has 0 spiro atoms. The first-order valence-corrected chi connectivity index (χ1v) is 9.29. The van der Waals surface area contributed by atoms with Crippen LogP contribution >= 0.6 is 0 Å². The lowest BCUT2D eigenvalue weighted by molar-refractivity contribution is -0.115. The fourth-order valence-corrected chi connectivity index (χ4v) is 2.91. The zero-order valence-electron chi connectivity index (χ0n) is 16.0. The molecule has 2 N–H and O–H groups in total. The van der Waals surface area contributed by atoms with Gasteiger partial charge >= 0.3 is 5.97 Å². The van der Waals surface area contributed by atoms with E-state index in [-0.39, 0.29) is 29.1 Å². The third kappa shape index (κ3) is 5.12. The Balaban J connectivity index is 1.82. The van der Waals surface area contributed by atoms with Gasteiger partial charge in [0, 0.05) is 30.8 Å². The number of carbonyl (C=O) groups is 2. The van der Waals surface area contributed by atoms with E-state index in [2.05, 4.69) is 17.2 Å². The summed E-state index contributed by atoms with van der Waals surface area (Å²) in [4.78, 5) is 25.1. The van der Waals surface area contributed by atoms with Crippen LogP contribution in [0.15, 0.2) is 36.4 Å². The monoisotopic (exact) mass is 396 g/mol. The summed E-state index contributed by atoms with van der Waals surface area (Å²) in [5.41, 5.74) is 1.55. The van der Waals surface area contributed by atoms with Crippen molar-refractivity contribution >= 4 is 23.3 Å². The summed E-state index contributed by atoms with van der Waals surface area (Å²) in [5.74, 6) is 3.64. The molecule has 2 aromatic rings. The van der Waals surface area contributed by atoms with E-state index in [4.69, 9.17) is 4.74 Å². The third-order valence-corrected chi connectivity index (χ3v) is 4.52. The van der Waals surface area contributed by atoms with Crippen molar-refractivity contribution in [1.82, 2.24) is 0 Å². The van der Waals surface area contributed by atoms with Gasteiger partial charge in [-0.2, -0.15) is 0 Å². The highest BCUT2D eigenvalue weighted by Crippen LogP contribution is 2.20. The van der Waals surface area contributed by atoms with Gasteiger partial charge in [0.25, 0.3) is 0 Å². The van der Waals surface area contributed by atoms with E-state index in [0.29, 0.717) is 31.9 Å². The van der Waals surface area contributed by atoms with E-state index in [9.17, 15) is 19.1 Å². The van der Waals surface area contributed by atoms with E-state index < -0.39 is 11.8 Å². The van der Waals surface area contributed by atoms with Gasteiger partial charge in [0.1, 0.15) is 5.82 Å². The normalized spacial score (nSPS) is 13.4. The summed E-state index contributed by atoms with van der Waals surface area (Å²) >= 11 is 0. The van der Waals surface area contributed by atoms with Gasteiger partial charge in [0.2, 0.25) is 5.91 Å². The largest absolute Gasteiger partial charge is 0.478 e. The highest BCUT2D eigenvalue weighted by molar-refractivity contribution is 6.00. The Kier molecular flexibility index (Phi) is 6.47. The number of benzene rings is 2. The highest BCUT2D eigenvalue weighted by Gasteiger charge is 2.14. The van der Waals surface area contributed by atoms with Crippen molar-refractivity contribution in [2.75, 3.05) is 36.5 Å². The number of carboxylic acid groups (broad SMARTS) is 1. The minimum absolute atomic E-state index is 0.0678. The summed E-state index contributed by atoms with van der Waals surface area (Å²) in [6.07, 6.45) is 0.236. The molecule has 3 rings (SSSR count). The maximum atomic E-state index is 14.5. The highest BCUT2D eigenvalue weighted by atomic mass is 19.1. The van der Waals surface area contributed by atoms with Gasteiger partial charge in [0.05, 0.1) is 30.0 Å². The summed E-state index contributed by atoms with van der Waals surface area (Å²) in [6, 6.07) is 9.30. The number of rotatable bonds is 4. The molecular weight excluding hydrogens is 375 g/mol. The number of halogens is 1. The van der Waals surface area contributed by atoms with Gasteiger partial charge in [-0.05, 0) is 36.4 Å². The molecule has 0 saturated carbocycles. The van der Waals surface area contributed by atoms with Crippen LogP contribution in [0.2, 0.25) is 0 Å². The Morgan fingerprint density at radius 1 is 1.17 bits per heavy atom. The Labute approximate surface area is 168 Å². The number of carbonyl (C=O) groups excluding carboxylic acids is 1. The van der Waals surface area contributed by atoms with E-state index in [0.717, 1.165) is 5.69 Å². The molecule has 2 aromatic carbocycles. The molecule has 0 unspecified atom stereocenters. The van der Waals surface area contributed by atoms with Gasteiger partial charge in [-0.25, -0.2) is 9.18 Å². The first-order valence-electron chi connectivity index (χ1n) is 9.29. The number of hydrogen-bond acceptors (Lipinski definition) is 4. The third-order valence-electron chi connectivity index (χ3n) is 4.52.